The summed E-state index contributed by atoms with van der Waals surface area (Å²) in [6, 6.07) is 13.2. The first-order chi connectivity index (χ1) is 20.0. The van der Waals surface area contributed by atoms with E-state index in [1.807, 2.05) is 6.92 Å². The summed E-state index contributed by atoms with van der Waals surface area (Å²) >= 11 is 0. The van der Waals surface area contributed by atoms with Gasteiger partial charge in [0.05, 0.1) is 24.8 Å². The first kappa shape index (κ1) is 32.3. The van der Waals surface area contributed by atoms with E-state index in [0.717, 1.165) is 16.4 Å². The van der Waals surface area contributed by atoms with Crippen LogP contribution in [0.1, 0.15) is 32.3 Å². The summed E-state index contributed by atoms with van der Waals surface area (Å²) in [4.78, 5) is 28.2. The van der Waals surface area contributed by atoms with E-state index >= 15 is 0 Å². The lowest BCUT2D eigenvalue weighted by atomic mass is 10.1. The third kappa shape index (κ3) is 7.75. The molecule has 3 aromatic rings. The molecular weight excluding hydrogens is 568 g/mol. The Morgan fingerprint density at radius 1 is 0.881 bits per heavy atom. The second-order valence-corrected chi connectivity index (χ2v) is 11.2. The van der Waals surface area contributed by atoms with Gasteiger partial charge in [-0.3, -0.25) is 13.9 Å². The van der Waals surface area contributed by atoms with Crippen LogP contribution in [0.5, 0.6) is 11.5 Å². The van der Waals surface area contributed by atoms with Gasteiger partial charge in [0, 0.05) is 19.2 Å². The van der Waals surface area contributed by atoms with Crippen LogP contribution in [0, 0.1) is 11.6 Å². The summed E-state index contributed by atoms with van der Waals surface area (Å²) < 4.78 is 66.7. The number of nitrogens with zero attached hydrogens (tertiary/aromatic N) is 2. The lowest BCUT2D eigenvalue weighted by Gasteiger charge is -2.33. The molecule has 0 saturated heterocycles. The fraction of sp³-hybridized carbons (Fsp3) is 0.333. The number of amides is 2. The lowest BCUT2D eigenvalue weighted by Crippen LogP contribution is -2.52. The third-order valence-corrected chi connectivity index (χ3v) is 8.31. The van der Waals surface area contributed by atoms with Crippen molar-refractivity contribution in [3.63, 3.8) is 0 Å². The molecule has 0 aromatic heterocycles. The molecule has 3 aromatic carbocycles. The molecule has 0 radical (unpaired) electrons. The van der Waals surface area contributed by atoms with E-state index in [1.165, 1.54) is 73.7 Å². The van der Waals surface area contributed by atoms with Crippen LogP contribution in [0.2, 0.25) is 0 Å². The van der Waals surface area contributed by atoms with Crippen molar-refractivity contribution in [1.82, 2.24) is 10.2 Å². The molecule has 0 aliphatic heterocycles. The highest BCUT2D eigenvalue weighted by molar-refractivity contribution is 7.92. The van der Waals surface area contributed by atoms with Gasteiger partial charge in [0.25, 0.3) is 10.0 Å². The molecule has 0 spiro atoms. The van der Waals surface area contributed by atoms with Crippen LogP contribution in [0.25, 0.3) is 0 Å². The van der Waals surface area contributed by atoms with Crippen molar-refractivity contribution >= 4 is 27.5 Å². The monoisotopic (exact) mass is 603 g/mol. The van der Waals surface area contributed by atoms with Crippen LogP contribution in [-0.2, 0) is 26.2 Å². The van der Waals surface area contributed by atoms with Gasteiger partial charge in [-0.2, -0.15) is 0 Å². The fourth-order valence-corrected chi connectivity index (χ4v) is 5.74. The zero-order valence-electron chi connectivity index (χ0n) is 24.0. The Morgan fingerprint density at radius 3 is 2.02 bits per heavy atom. The Morgan fingerprint density at radius 2 is 1.48 bits per heavy atom. The van der Waals surface area contributed by atoms with Crippen LogP contribution in [0.15, 0.2) is 71.6 Å². The number of ether oxygens (including phenoxy) is 2. The van der Waals surface area contributed by atoms with Crippen molar-refractivity contribution in [3.8, 4) is 11.5 Å². The molecule has 1 unspecified atom stereocenters. The summed E-state index contributed by atoms with van der Waals surface area (Å²) in [5.74, 6) is -1.69. The Kier molecular flexibility index (Phi) is 11.3. The van der Waals surface area contributed by atoms with Crippen LogP contribution in [0.3, 0.4) is 0 Å². The number of nitrogens with one attached hydrogen (secondary N) is 1. The molecule has 9 nitrogen and oxygen atoms in total. The van der Waals surface area contributed by atoms with E-state index < -0.39 is 46.1 Å². The highest BCUT2D eigenvalue weighted by Crippen LogP contribution is 2.32. The van der Waals surface area contributed by atoms with Crippen molar-refractivity contribution in [2.75, 3.05) is 31.6 Å². The average Bonchev–Trinajstić information content (AvgIpc) is 2.99. The number of hydrogen-bond donors (Lipinski definition) is 1. The molecule has 0 heterocycles. The van der Waals surface area contributed by atoms with Crippen LogP contribution in [0.4, 0.5) is 14.5 Å². The number of rotatable bonds is 14. The molecule has 2 amide bonds. The third-order valence-electron chi connectivity index (χ3n) is 6.54. The van der Waals surface area contributed by atoms with Gasteiger partial charge in [0.2, 0.25) is 11.8 Å². The maximum Gasteiger partial charge on any atom is 0.264 e. The number of halogens is 2. The number of carbonyl (C=O) groups excluding carboxylic acids is 2. The van der Waals surface area contributed by atoms with Gasteiger partial charge in [-0.05, 0) is 66.9 Å². The van der Waals surface area contributed by atoms with Gasteiger partial charge in [0.1, 0.15) is 24.2 Å². The Balaban J connectivity index is 2.08. The highest BCUT2D eigenvalue weighted by Gasteiger charge is 2.34. The minimum Gasteiger partial charge on any atom is -0.493 e. The van der Waals surface area contributed by atoms with Crippen molar-refractivity contribution in [2.24, 2.45) is 0 Å². The molecule has 0 aliphatic rings. The van der Waals surface area contributed by atoms with E-state index in [1.54, 1.807) is 6.92 Å². The van der Waals surface area contributed by atoms with Gasteiger partial charge in [-0.15, -0.1) is 0 Å². The zero-order valence-corrected chi connectivity index (χ0v) is 24.8. The molecule has 1 N–H and O–H groups in total. The molecule has 12 heteroatoms. The SMILES string of the molecule is CCCNC(=O)C(CC)N(Cc1ccc(F)cc1)C(=O)CN(c1ccc(F)cc1)S(=O)(=O)c1ccc(OC)c(OC)c1. The number of carbonyl (C=O) groups is 2. The van der Waals surface area contributed by atoms with E-state index in [0.29, 0.717) is 24.3 Å². The predicted octanol–water partition coefficient (Wildman–Crippen LogP) is 4.51. The van der Waals surface area contributed by atoms with Crippen molar-refractivity contribution in [2.45, 2.75) is 44.2 Å². The molecule has 3 rings (SSSR count). The Labute approximate surface area is 245 Å². The van der Waals surface area contributed by atoms with Gasteiger partial charge < -0.3 is 19.7 Å². The van der Waals surface area contributed by atoms with E-state index in [2.05, 4.69) is 5.32 Å². The fourth-order valence-electron chi connectivity index (χ4n) is 4.31. The van der Waals surface area contributed by atoms with Crippen molar-refractivity contribution < 1.29 is 36.3 Å². The Hall–Kier alpha value is -4.19. The molecule has 1 atom stereocenters. The first-order valence-corrected chi connectivity index (χ1v) is 14.8. The topological polar surface area (TPSA) is 105 Å². The summed E-state index contributed by atoms with van der Waals surface area (Å²) in [5.41, 5.74) is 0.576. The normalized spacial score (nSPS) is 11.9. The second kappa shape index (κ2) is 14.6. The smallest absolute Gasteiger partial charge is 0.264 e. The first-order valence-electron chi connectivity index (χ1n) is 13.4. The zero-order chi connectivity index (χ0) is 30.9. The van der Waals surface area contributed by atoms with Gasteiger partial charge in [-0.1, -0.05) is 26.0 Å². The number of benzene rings is 3. The minimum absolute atomic E-state index is 0.0322. The predicted molar refractivity (Wildman–Crippen MR) is 155 cm³/mol. The highest BCUT2D eigenvalue weighted by atomic mass is 32.2. The number of sulfonamides is 1. The quantitative estimate of drug-likeness (QED) is 0.291. The second-order valence-electron chi connectivity index (χ2n) is 9.37. The van der Waals surface area contributed by atoms with Crippen molar-refractivity contribution in [1.29, 1.82) is 0 Å². The number of anilines is 1. The Bertz CT molecular complexity index is 1470. The van der Waals surface area contributed by atoms with E-state index in [-0.39, 0.29) is 29.3 Å². The summed E-state index contributed by atoms with van der Waals surface area (Å²) in [5, 5.41) is 2.79. The van der Waals surface area contributed by atoms with Gasteiger partial charge >= 0.3 is 0 Å². The maximum atomic E-state index is 14.0. The molecular formula is C30H35F2N3O6S. The summed E-state index contributed by atoms with van der Waals surface area (Å²) in [7, 11) is -1.65. The molecule has 226 valence electrons. The average molecular weight is 604 g/mol. The van der Waals surface area contributed by atoms with Crippen LogP contribution in [-0.4, -0.2) is 58.5 Å². The number of hydrogen-bond acceptors (Lipinski definition) is 6. The van der Waals surface area contributed by atoms with Gasteiger partial charge in [0.15, 0.2) is 11.5 Å². The van der Waals surface area contributed by atoms with Gasteiger partial charge in [-0.25, -0.2) is 17.2 Å². The number of methoxy groups -OCH3 is 2. The standard InChI is InChI=1S/C30H35F2N3O6S/c1-5-17-33-30(37)26(6-2)34(19-21-7-9-22(31)10-8-21)29(36)20-35(24-13-11-23(32)12-14-24)42(38,39)25-15-16-27(40-3)28(18-25)41-4/h7-16,18,26H,5-6,17,19-20H2,1-4H3,(H,33,37). The summed E-state index contributed by atoms with van der Waals surface area (Å²) in [6.45, 7) is 3.23. The molecule has 0 fully saturated rings. The molecule has 0 bridgehead atoms. The minimum atomic E-state index is -4.42. The molecule has 0 aliphatic carbocycles. The van der Waals surface area contributed by atoms with Crippen molar-refractivity contribution in [3.05, 3.63) is 83.9 Å². The largest absolute Gasteiger partial charge is 0.493 e. The van der Waals surface area contributed by atoms with Crippen LogP contribution < -0.4 is 19.1 Å². The lowest BCUT2D eigenvalue weighted by molar-refractivity contribution is -0.140. The molecule has 0 saturated carbocycles. The van der Waals surface area contributed by atoms with E-state index in [9.17, 15) is 26.8 Å². The maximum absolute atomic E-state index is 14.0. The molecule has 42 heavy (non-hydrogen) atoms. The summed E-state index contributed by atoms with van der Waals surface area (Å²) in [6.07, 6.45) is 0.914. The van der Waals surface area contributed by atoms with E-state index in [4.69, 9.17) is 9.47 Å². The van der Waals surface area contributed by atoms with Crippen LogP contribution >= 0.6 is 0 Å².